The normalized spacial score (nSPS) is 17.7. The van der Waals surface area contributed by atoms with Crippen molar-refractivity contribution in [3.05, 3.63) is 104 Å². The molecule has 1 N–H and O–H groups in total. The Morgan fingerprint density at radius 1 is 1.23 bits per heavy atom. The van der Waals surface area contributed by atoms with Crippen molar-refractivity contribution in [2.24, 2.45) is 10.9 Å². The van der Waals surface area contributed by atoms with Gasteiger partial charge in [-0.2, -0.15) is 0 Å². The van der Waals surface area contributed by atoms with E-state index in [0.29, 0.717) is 40.1 Å². The predicted molar refractivity (Wildman–Crippen MR) is 159 cm³/mol. The van der Waals surface area contributed by atoms with Crippen LogP contribution in [0.2, 0.25) is 0 Å². The van der Waals surface area contributed by atoms with Gasteiger partial charge in [-0.25, -0.2) is 9.18 Å². The number of carbonyl (C=O) groups is 1. The Labute approximate surface area is 234 Å². The topological polar surface area (TPSA) is 79.9 Å². The van der Waals surface area contributed by atoms with Crippen molar-refractivity contribution in [3.63, 3.8) is 0 Å². The number of rotatable bonds is 6. The largest absolute Gasteiger partial charge is 0.478 e. The number of fused-ring (bicyclic) bond motifs is 2. The Morgan fingerprint density at radius 2 is 2.02 bits per heavy atom. The summed E-state index contributed by atoms with van der Waals surface area (Å²) in [5.41, 5.74) is 5.01. The molecule has 1 aliphatic carbocycles. The van der Waals surface area contributed by atoms with Crippen LogP contribution < -0.4 is 10.9 Å². The molecule has 2 aromatic carbocycles. The van der Waals surface area contributed by atoms with Crippen molar-refractivity contribution in [2.45, 2.75) is 59.2 Å². The summed E-state index contributed by atoms with van der Waals surface area (Å²) in [7, 11) is 1.72. The minimum atomic E-state index is -1.31. The lowest BCUT2D eigenvalue weighted by Crippen LogP contribution is -2.29. The lowest BCUT2D eigenvalue weighted by molar-refractivity contribution is 0.0693. The Hall–Kier alpha value is -4.00. The van der Waals surface area contributed by atoms with Crippen LogP contribution in [0, 0.1) is 18.7 Å². The number of halogens is 1. The number of nitrogens with zero attached hydrogens (tertiary/aromatic N) is 1. The molecule has 2 heterocycles. The molecule has 1 aromatic heterocycles. The number of allylic oxidation sites excluding steroid dienone is 6. The van der Waals surface area contributed by atoms with Crippen molar-refractivity contribution in [3.8, 4) is 0 Å². The molecular weight excluding hydrogens is 504 g/mol. The molecule has 1 radical (unpaired) electrons. The zero-order valence-electron chi connectivity index (χ0n) is 23.3. The molecular formula is C33H32BFNO4. The van der Waals surface area contributed by atoms with Crippen LogP contribution >= 0.6 is 0 Å². The van der Waals surface area contributed by atoms with Crippen molar-refractivity contribution in [2.75, 3.05) is 0 Å². The summed E-state index contributed by atoms with van der Waals surface area (Å²) in [5, 5.41) is 10.2. The Bertz CT molecular complexity index is 1690. The fourth-order valence-corrected chi connectivity index (χ4v) is 5.73. The van der Waals surface area contributed by atoms with Gasteiger partial charge in [0, 0.05) is 29.0 Å². The van der Waals surface area contributed by atoms with Gasteiger partial charge in [-0.1, -0.05) is 55.7 Å². The second-order valence-corrected chi connectivity index (χ2v) is 10.7. The summed E-state index contributed by atoms with van der Waals surface area (Å²) in [4.78, 5) is 30.3. The lowest BCUT2D eigenvalue weighted by atomic mass is 9.56. The molecule has 40 heavy (non-hydrogen) atoms. The average molecular weight is 536 g/mol. The van der Waals surface area contributed by atoms with E-state index < -0.39 is 11.8 Å². The van der Waals surface area contributed by atoms with Crippen molar-refractivity contribution >= 4 is 41.0 Å². The second-order valence-electron chi connectivity index (χ2n) is 10.7. The predicted octanol–water partition coefficient (Wildman–Crippen LogP) is 6.69. The number of aliphatic imine (C=N–C) groups is 1. The fourth-order valence-electron chi connectivity index (χ4n) is 5.73. The molecule has 2 atom stereocenters. The standard InChI is InChI=1S/C33H32BFNO4/c1-5-21-12-14-26(30(31(21)35)33(38)39)34-19(3)24-15-18(2)16-25-28(37)17-29(40-32(24)25)23-13-11-22-9-7-6-8-10-27(22)36-20(23)4/h6-8,10,12,14-17,19,22H,5,9,11,13H2,1-4H3,(H,38,39)/t19?,22-/m1/s1. The first kappa shape index (κ1) is 27.6. The van der Waals surface area contributed by atoms with Gasteiger partial charge < -0.3 is 9.52 Å². The van der Waals surface area contributed by atoms with Crippen molar-refractivity contribution in [1.29, 1.82) is 0 Å². The van der Waals surface area contributed by atoms with Gasteiger partial charge in [0.05, 0.1) is 10.9 Å². The van der Waals surface area contributed by atoms with Crippen molar-refractivity contribution < 1.29 is 18.7 Å². The van der Waals surface area contributed by atoms with Gasteiger partial charge >= 0.3 is 5.97 Å². The second kappa shape index (κ2) is 11.2. The number of aromatic carboxylic acids is 1. The van der Waals surface area contributed by atoms with Crippen LogP contribution in [0.25, 0.3) is 16.5 Å². The summed E-state index contributed by atoms with van der Waals surface area (Å²) >= 11 is 0. The van der Waals surface area contributed by atoms with E-state index >= 15 is 0 Å². The van der Waals surface area contributed by atoms with Gasteiger partial charge in [0.1, 0.15) is 17.2 Å². The van der Waals surface area contributed by atoms with E-state index in [2.05, 4.69) is 12.2 Å². The van der Waals surface area contributed by atoms with Gasteiger partial charge in [0.2, 0.25) is 0 Å². The average Bonchev–Trinajstić information content (AvgIpc) is 3.21. The van der Waals surface area contributed by atoms with Crippen LogP contribution in [0.15, 0.2) is 74.5 Å². The Balaban J connectivity index is 1.59. The van der Waals surface area contributed by atoms with Crippen LogP contribution in [0.1, 0.15) is 78.7 Å². The van der Waals surface area contributed by atoms with Crippen LogP contribution in [0.3, 0.4) is 0 Å². The van der Waals surface area contributed by atoms with Gasteiger partial charge in [-0.3, -0.25) is 9.79 Å². The number of carboxylic acids is 1. The zero-order chi connectivity index (χ0) is 28.6. The number of hydrogen-bond donors (Lipinski definition) is 1. The number of carboxylic acid groups (broad SMARTS) is 1. The van der Waals surface area contributed by atoms with E-state index in [1.165, 1.54) is 0 Å². The summed E-state index contributed by atoms with van der Waals surface area (Å²) in [6, 6.07) is 8.57. The maximum absolute atomic E-state index is 15.0. The maximum atomic E-state index is 15.0. The van der Waals surface area contributed by atoms with Gasteiger partial charge in [-0.05, 0) is 74.2 Å². The highest BCUT2D eigenvalue weighted by atomic mass is 19.1. The minimum Gasteiger partial charge on any atom is -0.478 e. The SMILES string of the molecule is CCc1ccc([B]C(C)c2cc(C)cc3c(=O)cc(C4=C(C)N=C5C=CC=CC[C@@H]5CC4)oc23)c(C(=O)O)c1F. The molecule has 3 aromatic rings. The van der Waals surface area contributed by atoms with Gasteiger partial charge in [-0.15, -0.1) is 0 Å². The lowest BCUT2D eigenvalue weighted by Gasteiger charge is -2.17. The number of benzene rings is 2. The Kier molecular flexibility index (Phi) is 7.75. The highest BCUT2D eigenvalue weighted by molar-refractivity contribution is 6.57. The third kappa shape index (κ3) is 5.25. The van der Waals surface area contributed by atoms with Crippen LogP contribution in [-0.4, -0.2) is 24.1 Å². The third-order valence-corrected chi connectivity index (χ3v) is 7.90. The summed E-state index contributed by atoms with van der Waals surface area (Å²) in [6.07, 6.45) is 11.2. The quantitative estimate of drug-likeness (QED) is 0.356. The highest BCUT2D eigenvalue weighted by Gasteiger charge is 2.25. The molecule has 203 valence electrons. The summed E-state index contributed by atoms with van der Waals surface area (Å²) < 4.78 is 21.5. The molecule has 7 heteroatoms. The Morgan fingerprint density at radius 3 is 2.77 bits per heavy atom. The van der Waals surface area contributed by atoms with E-state index in [4.69, 9.17) is 9.41 Å². The molecule has 0 amide bonds. The van der Waals surface area contributed by atoms with Crippen LogP contribution in [0.5, 0.6) is 0 Å². The fraction of sp³-hybridized carbons (Fsp3) is 0.303. The van der Waals surface area contributed by atoms with Gasteiger partial charge in [0.25, 0.3) is 0 Å². The van der Waals surface area contributed by atoms with E-state index in [9.17, 15) is 19.1 Å². The minimum absolute atomic E-state index is 0.146. The molecule has 2 aliphatic rings. The summed E-state index contributed by atoms with van der Waals surface area (Å²) in [6.45, 7) is 7.54. The van der Waals surface area contributed by atoms with Crippen molar-refractivity contribution in [1.82, 2.24) is 0 Å². The third-order valence-electron chi connectivity index (χ3n) is 7.90. The number of hydrogen-bond acceptors (Lipinski definition) is 4. The first-order valence-electron chi connectivity index (χ1n) is 13.8. The first-order chi connectivity index (χ1) is 19.2. The molecule has 5 rings (SSSR count). The number of aryl methyl sites for hydroxylation is 2. The van der Waals surface area contributed by atoms with Crippen LogP contribution in [0.4, 0.5) is 4.39 Å². The van der Waals surface area contributed by atoms with E-state index in [1.54, 1.807) is 32.4 Å². The van der Waals surface area contributed by atoms with E-state index in [1.807, 2.05) is 45.1 Å². The zero-order valence-corrected chi connectivity index (χ0v) is 23.3. The van der Waals surface area contributed by atoms with E-state index in [-0.39, 0.29) is 16.8 Å². The molecule has 1 aliphatic heterocycles. The highest BCUT2D eigenvalue weighted by Crippen LogP contribution is 2.35. The van der Waals surface area contributed by atoms with Crippen LogP contribution in [-0.2, 0) is 6.42 Å². The van der Waals surface area contributed by atoms with Gasteiger partial charge in [0.15, 0.2) is 12.7 Å². The monoisotopic (exact) mass is 536 g/mol. The first-order valence-corrected chi connectivity index (χ1v) is 13.8. The smallest absolute Gasteiger partial charge is 0.338 e. The molecule has 0 fully saturated rings. The molecule has 0 spiro atoms. The molecule has 0 bridgehead atoms. The molecule has 5 nitrogen and oxygen atoms in total. The molecule has 1 unspecified atom stereocenters. The molecule has 0 saturated carbocycles. The van der Waals surface area contributed by atoms with E-state index in [0.717, 1.165) is 47.4 Å². The molecule has 0 saturated heterocycles. The maximum Gasteiger partial charge on any atom is 0.338 e. The summed E-state index contributed by atoms with van der Waals surface area (Å²) in [5.74, 6) is -1.58.